The van der Waals surface area contributed by atoms with Crippen LogP contribution in [0.4, 0.5) is 0 Å². The van der Waals surface area contributed by atoms with E-state index in [1.54, 1.807) is 0 Å². The molecule has 0 radical (unpaired) electrons. The average molecular weight is 350 g/mol. The van der Waals surface area contributed by atoms with Crippen LogP contribution in [-0.2, 0) is 0 Å². The molecule has 1 aromatic carbocycles. The van der Waals surface area contributed by atoms with Crippen molar-refractivity contribution >= 4 is 34.4 Å². The Hall–Kier alpha value is 0.100. The predicted octanol–water partition coefficient (Wildman–Crippen LogP) is 4.59. The van der Waals surface area contributed by atoms with E-state index in [9.17, 15) is 0 Å². The molecule has 90 valence electrons. The molecular weight excluding hydrogens is 331 g/mol. The molecule has 0 saturated carbocycles. The molecule has 0 saturated heterocycles. The Balaban J connectivity index is 2.03. The number of ether oxygens (including phenoxy) is 1. The fraction of sp³-hybridized carbons (Fsp3) is 0.538. The van der Waals surface area contributed by atoms with Gasteiger partial charge in [-0.2, -0.15) is 11.8 Å². The van der Waals surface area contributed by atoms with Gasteiger partial charge in [0.1, 0.15) is 5.75 Å². The molecule has 0 amide bonds. The lowest BCUT2D eigenvalue weighted by molar-refractivity contribution is 0.305. The molecule has 0 bridgehead atoms. The van der Waals surface area contributed by atoms with Crippen LogP contribution >= 0.6 is 34.4 Å². The number of halogens is 1. The van der Waals surface area contributed by atoms with E-state index >= 15 is 0 Å². The van der Waals surface area contributed by atoms with E-state index in [0.29, 0.717) is 0 Å². The maximum absolute atomic E-state index is 5.68. The van der Waals surface area contributed by atoms with Crippen LogP contribution in [0.15, 0.2) is 24.3 Å². The number of benzene rings is 1. The largest absolute Gasteiger partial charge is 0.494 e. The van der Waals surface area contributed by atoms with E-state index < -0.39 is 0 Å². The van der Waals surface area contributed by atoms with Crippen LogP contribution < -0.4 is 4.74 Å². The molecule has 0 aliphatic carbocycles. The van der Waals surface area contributed by atoms with Gasteiger partial charge < -0.3 is 4.74 Å². The summed E-state index contributed by atoms with van der Waals surface area (Å²) < 4.78 is 6.91. The van der Waals surface area contributed by atoms with Crippen molar-refractivity contribution in [3.05, 3.63) is 27.8 Å². The van der Waals surface area contributed by atoms with Gasteiger partial charge in [0.25, 0.3) is 0 Å². The molecule has 0 unspecified atom stereocenters. The molecule has 0 heterocycles. The smallest absolute Gasteiger partial charge is 0.120 e. The van der Waals surface area contributed by atoms with Crippen LogP contribution in [0, 0.1) is 3.57 Å². The van der Waals surface area contributed by atoms with Crippen LogP contribution in [0.25, 0.3) is 0 Å². The van der Waals surface area contributed by atoms with E-state index in [1.165, 1.54) is 35.0 Å². The summed E-state index contributed by atoms with van der Waals surface area (Å²) in [5, 5.41) is 0. The lowest BCUT2D eigenvalue weighted by Crippen LogP contribution is -1.97. The topological polar surface area (TPSA) is 9.23 Å². The summed E-state index contributed by atoms with van der Waals surface area (Å²) in [6.45, 7) is 0.847. The van der Waals surface area contributed by atoms with Crippen molar-refractivity contribution in [2.75, 3.05) is 18.6 Å². The van der Waals surface area contributed by atoms with Crippen molar-refractivity contribution in [3.63, 3.8) is 0 Å². The van der Waals surface area contributed by atoms with Crippen LogP contribution in [0.2, 0.25) is 0 Å². The Morgan fingerprint density at radius 2 is 2.00 bits per heavy atom. The summed E-state index contributed by atoms with van der Waals surface area (Å²) in [7, 11) is 0. The zero-order chi connectivity index (χ0) is 11.6. The molecule has 0 atom stereocenters. The minimum absolute atomic E-state index is 0.847. The van der Waals surface area contributed by atoms with Gasteiger partial charge in [0.15, 0.2) is 0 Å². The molecule has 0 aromatic heterocycles. The average Bonchev–Trinajstić information content (AvgIpc) is 2.28. The van der Waals surface area contributed by atoms with Crippen molar-refractivity contribution in [1.29, 1.82) is 0 Å². The quantitative estimate of drug-likeness (QED) is 0.501. The molecule has 1 nitrogen and oxygen atoms in total. The van der Waals surface area contributed by atoms with E-state index in [4.69, 9.17) is 4.74 Å². The van der Waals surface area contributed by atoms with Gasteiger partial charge in [0.2, 0.25) is 0 Å². The zero-order valence-electron chi connectivity index (χ0n) is 9.75. The van der Waals surface area contributed by atoms with Gasteiger partial charge in [0.05, 0.1) is 6.61 Å². The van der Waals surface area contributed by atoms with Gasteiger partial charge in [0, 0.05) is 3.57 Å². The highest BCUT2D eigenvalue weighted by atomic mass is 127. The Kier molecular flexibility index (Phi) is 8.11. The second-order valence-electron chi connectivity index (χ2n) is 3.71. The van der Waals surface area contributed by atoms with Gasteiger partial charge in [-0.05, 0) is 65.6 Å². The van der Waals surface area contributed by atoms with Crippen LogP contribution in [0.1, 0.15) is 25.7 Å². The minimum Gasteiger partial charge on any atom is -0.494 e. The monoisotopic (exact) mass is 350 g/mol. The van der Waals surface area contributed by atoms with Crippen molar-refractivity contribution in [2.45, 2.75) is 25.7 Å². The van der Waals surface area contributed by atoms with E-state index in [2.05, 4.69) is 41.0 Å². The second-order valence-corrected chi connectivity index (χ2v) is 5.94. The normalized spacial score (nSPS) is 10.4. The van der Waals surface area contributed by atoms with Crippen LogP contribution in [-0.4, -0.2) is 18.6 Å². The highest BCUT2D eigenvalue weighted by Gasteiger charge is 1.95. The van der Waals surface area contributed by atoms with E-state index in [1.807, 2.05) is 23.9 Å². The molecule has 3 heteroatoms. The molecule has 0 aliphatic heterocycles. The van der Waals surface area contributed by atoms with Gasteiger partial charge in [-0.1, -0.05) is 18.9 Å². The summed E-state index contributed by atoms with van der Waals surface area (Å²) in [4.78, 5) is 0. The van der Waals surface area contributed by atoms with E-state index in [0.717, 1.165) is 12.4 Å². The number of hydrogen-bond acceptors (Lipinski definition) is 2. The Morgan fingerprint density at radius 1 is 1.19 bits per heavy atom. The third-order valence-electron chi connectivity index (χ3n) is 2.31. The lowest BCUT2D eigenvalue weighted by Gasteiger charge is -2.06. The SMILES string of the molecule is CSCCCCCCOc1cccc(I)c1. The summed E-state index contributed by atoms with van der Waals surface area (Å²) >= 11 is 4.24. The number of rotatable bonds is 8. The summed E-state index contributed by atoms with van der Waals surface area (Å²) in [6.07, 6.45) is 7.28. The number of hydrogen-bond donors (Lipinski definition) is 0. The second kappa shape index (κ2) is 9.16. The van der Waals surface area contributed by atoms with Crippen LogP contribution in [0.3, 0.4) is 0 Å². The molecule has 0 aliphatic rings. The highest BCUT2D eigenvalue weighted by Crippen LogP contribution is 2.15. The Bertz CT molecular complexity index is 291. The van der Waals surface area contributed by atoms with Crippen molar-refractivity contribution < 1.29 is 4.74 Å². The molecular formula is C13H19IOS. The molecule has 0 fully saturated rings. The van der Waals surface area contributed by atoms with Gasteiger partial charge in [-0.3, -0.25) is 0 Å². The number of thioether (sulfide) groups is 1. The molecule has 1 aromatic rings. The predicted molar refractivity (Wildman–Crippen MR) is 81.5 cm³/mol. The Labute approximate surface area is 116 Å². The first-order valence-corrected chi connectivity index (χ1v) is 8.17. The fourth-order valence-corrected chi connectivity index (χ4v) is 2.46. The highest BCUT2D eigenvalue weighted by molar-refractivity contribution is 14.1. The fourth-order valence-electron chi connectivity index (χ4n) is 1.45. The zero-order valence-corrected chi connectivity index (χ0v) is 12.7. The first-order chi connectivity index (χ1) is 7.83. The first kappa shape index (κ1) is 14.2. The maximum atomic E-state index is 5.68. The van der Waals surface area contributed by atoms with Crippen molar-refractivity contribution in [1.82, 2.24) is 0 Å². The van der Waals surface area contributed by atoms with Crippen LogP contribution in [0.5, 0.6) is 5.75 Å². The Morgan fingerprint density at radius 3 is 2.75 bits per heavy atom. The van der Waals surface area contributed by atoms with E-state index in [-0.39, 0.29) is 0 Å². The molecule has 0 N–H and O–H groups in total. The third kappa shape index (κ3) is 6.63. The van der Waals surface area contributed by atoms with Crippen molar-refractivity contribution in [2.24, 2.45) is 0 Å². The van der Waals surface area contributed by atoms with Gasteiger partial charge in [-0.25, -0.2) is 0 Å². The van der Waals surface area contributed by atoms with Crippen molar-refractivity contribution in [3.8, 4) is 5.75 Å². The van der Waals surface area contributed by atoms with Gasteiger partial charge in [-0.15, -0.1) is 0 Å². The summed E-state index contributed by atoms with van der Waals surface area (Å²) in [6, 6.07) is 8.22. The molecule has 16 heavy (non-hydrogen) atoms. The lowest BCUT2D eigenvalue weighted by atomic mass is 10.2. The third-order valence-corrected chi connectivity index (χ3v) is 3.68. The summed E-state index contributed by atoms with van der Waals surface area (Å²) in [5.41, 5.74) is 0. The van der Waals surface area contributed by atoms with Gasteiger partial charge >= 0.3 is 0 Å². The first-order valence-electron chi connectivity index (χ1n) is 5.70. The molecule has 1 rings (SSSR count). The summed E-state index contributed by atoms with van der Waals surface area (Å²) in [5.74, 6) is 2.29. The minimum atomic E-state index is 0.847. The number of unbranched alkanes of at least 4 members (excludes halogenated alkanes) is 3. The maximum Gasteiger partial charge on any atom is 0.120 e. The molecule has 0 spiro atoms. The standard InChI is InChI=1S/C13H19IOS/c1-16-10-5-3-2-4-9-15-13-8-6-7-12(14)11-13/h6-8,11H,2-5,9-10H2,1H3.